The minimum absolute atomic E-state index is 0.0145. The van der Waals surface area contributed by atoms with Crippen molar-refractivity contribution in [3.63, 3.8) is 0 Å². The fourth-order valence-electron chi connectivity index (χ4n) is 1.92. The standard InChI is InChI=1S/C14H17FN4O2/c1-9(2)19-6-5-18(14(19)21)8-13(20)17-12-7-10(15)3-4-11(12)16/h3-7,9H,8,16H2,1-2H3,(H,17,20). The molecule has 3 N–H and O–H groups in total. The predicted molar refractivity (Wildman–Crippen MR) is 78.5 cm³/mol. The molecule has 1 amide bonds. The van der Waals surface area contributed by atoms with E-state index in [1.807, 2.05) is 13.8 Å². The van der Waals surface area contributed by atoms with Crippen LogP contribution in [0, 0.1) is 5.82 Å². The molecule has 0 aliphatic rings. The summed E-state index contributed by atoms with van der Waals surface area (Å²) in [7, 11) is 0. The average Bonchev–Trinajstić information content (AvgIpc) is 2.75. The Morgan fingerprint density at radius 3 is 2.71 bits per heavy atom. The number of aromatic nitrogens is 2. The van der Waals surface area contributed by atoms with Crippen molar-refractivity contribution >= 4 is 17.3 Å². The van der Waals surface area contributed by atoms with Crippen LogP contribution in [0.25, 0.3) is 0 Å². The van der Waals surface area contributed by atoms with E-state index in [1.165, 1.54) is 27.5 Å². The van der Waals surface area contributed by atoms with Gasteiger partial charge in [0.25, 0.3) is 0 Å². The number of nitrogens with one attached hydrogen (secondary N) is 1. The second kappa shape index (κ2) is 5.82. The van der Waals surface area contributed by atoms with Crippen LogP contribution >= 0.6 is 0 Å². The molecule has 112 valence electrons. The van der Waals surface area contributed by atoms with Crippen molar-refractivity contribution in [1.82, 2.24) is 9.13 Å². The molecule has 1 heterocycles. The number of nitrogens with two attached hydrogens (primary N) is 1. The summed E-state index contributed by atoms with van der Waals surface area (Å²) in [5.41, 5.74) is 5.83. The lowest BCUT2D eigenvalue weighted by Gasteiger charge is -2.08. The minimum atomic E-state index is -0.498. The molecule has 6 nitrogen and oxygen atoms in total. The van der Waals surface area contributed by atoms with Gasteiger partial charge in [0.1, 0.15) is 12.4 Å². The van der Waals surface area contributed by atoms with Gasteiger partial charge in [-0.25, -0.2) is 9.18 Å². The Labute approximate surface area is 121 Å². The average molecular weight is 292 g/mol. The van der Waals surface area contributed by atoms with Gasteiger partial charge in [-0.15, -0.1) is 0 Å². The first-order valence-corrected chi connectivity index (χ1v) is 6.50. The van der Waals surface area contributed by atoms with Crippen LogP contribution in [0.5, 0.6) is 0 Å². The summed E-state index contributed by atoms with van der Waals surface area (Å²) in [5.74, 6) is -0.946. The van der Waals surface area contributed by atoms with Crippen LogP contribution < -0.4 is 16.7 Å². The van der Waals surface area contributed by atoms with Gasteiger partial charge in [0.05, 0.1) is 11.4 Å². The molecule has 0 aliphatic heterocycles. The van der Waals surface area contributed by atoms with E-state index in [2.05, 4.69) is 5.32 Å². The zero-order chi connectivity index (χ0) is 15.6. The zero-order valence-electron chi connectivity index (χ0n) is 11.8. The Balaban J connectivity index is 2.12. The van der Waals surface area contributed by atoms with E-state index in [4.69, 9.17) is 5.73 Å². The molecule has 2 rings (SSSR count). The highest BCUT2D eigenvalue weighted by atomic mass is 19.1. The van der Waals surface area contributed by atoms with E-state index >= 15 is 0 Å². The lowest BCUT2D eigenvalue weighted by molar-refractivity contribution is -0.116. The predicted octanol–water partition coefficient (Wildman–Crippen LogP) is 1.59. The van der Waals surface area contributed by atoms with Crippen molar-refractivity contribution in [1.29, 1.82) is 0 Å². The maximum Gasteiger partial charge on any atom is 0.328 e. The molecule has 0 bridgehead atoms. The molecule has 0 atom stereocenters. The summed E-state index contributed by atoms with van der Waals surface area (Å²) in [6.45, 7) is 3.59. The minimum Gasteiger partial charge on any atom is -0.397 e. The zero-order valence-corrected chi connectivity index (χ0v) is 11.8. The fraction of sp³-hybridized carbons (Fsp3) is 0.286. The summed E-state index contributed by atoms with van der Waals surface area (Å²) >= 11 is 0. The SMILES string of the molecule is CC(C)n1ccn(CC(=O)Nc2cc(F)ccc2N)c1=O. The van der Waals surface area contributed by atoms with Gasteiger partial charge in [0.15, 0.2) is 0 Å². The Kier molecular flexibility index (Phi) is 4.11. The maximum atomic E-state index is 13.1. The number of imidazole rings is 1. The summed E-state index contributed by atoms with van der Waals surface area (Å²) in [6, 6.07) is 3.72. The van der Waals surface area contributed by atoms with Gasteiger partial charge in [0.2, 0.25) is 5.91 Å². The van der Waals surface area contributed by atoms with Crippen LogP contribution in [0.2, 0.25) is 0 Å². The number of hydrogen-bond donors (Lipinski definition) is 2. The highest BCUT2D eigenvalue weighted by Crippen LogP contribution is 2.19. The summed E-state index contributed by atoms with van der Waals surface area (Å²) in [6.07, 6.45) is 3.16. The van der Waals surface area contributed by atoms with Gasteiger partial charge in [-0.3, -0.25) is 13.9 Å². The first-order chi connectivity index (χ1) is 9.88. The molecule has 0 radical (unpaired) electrons. The highest BCUT2D eigenvalue weighted by molar-refractivity contribution is 5.93. The molecule has 0 spiro atoms. The molecular weight excluding hydrogens is 275 g/mol. The Morgan fingerprint density at radius 1 is 1.38 bits per heavy atom. The molecule has 1 aromatic carbocycles. The molecule has 1 aromatic heterocycles. The number of carbonyl (C=O) groups excluding carboxylic acids is 1. The number of nitrogens with zero attached hydrogens (tertiary/aromatic N) is 2. The van der Waals surface area contributed by atoms with Crippen molar-refractivity contribution in [3.05, 3.63) is 46.9 Å². The van der Waals surface area contributed by atoms with Crippen LogP contribution in [0.3, 0.4) is 0 Å². The molecular formula is C14H17FN4O2. The summed E-state index contributed by atoms with van der Waals surface area (Å²) in [4.78, 5) is 23.9. The third kappa shape index (κ3) is 3.31. The number of anilines is 2. The maximum absolute atomic E-state index is 13.1. The number of nitrogen functional groups attached to an aromatic ring is 1. The van der Waals surface area contributed by atoms with E-state index in [-0.39, 0.29) is 29.7 Å². The topological polar surface area (TPSA) is 82.1 Å². The molecule has 0 aliphatic carbocycles. The second-order valence-electron chi connectivity index (χ2n) is 4.99. The van der Waals surface area contributed by atoms with Gasteiger partial charge in [0, 0.05) is 18.4 Å². The molecule has 0 saturated carbocycles. The largest absolute Gasteiger partial charge is 0.397 e. The van der Waals surface area contributed by atoms with Gasteiger partial charge >= 0.3 is 5.69 Å². The lowest BCUT2D eigenvalue weighted by atomic mass is 10.2. The van der Waals surface area contributed by atoms with Crippen LogP contribution in [0.4, 0.5) is 15.8 Å². The second-order valence-corrected chi connectivity index (χ2v) is 4.99. The van der Waals surface area contributed by atoms with Crippen LogP contribution in [-0.2, 0) is 11.3 Å². The monoisotopic (exact) mass is 292 g/mol. The molecule has 21 heavy (non-hydrogen) atoms. The van der Waals surface area contributed by atoms with Crippen LogP contribution in [0.15, 0.2) is 35.4 Å². The normalized spacial score (nSPS) is 10.9. The van der Waals surface area contributed by atoms with Gasteiger partial charge < -0.3 is 11.1 Å². The number of amides is 1. The number of carbonyl (C=O) groups is 1. The molecule has 7 heteroatoms. The van der Waals surface area contributed by atoms with Crippen molar-refractivity contribution in [2.24, 2.45) is 0 Å². The summed E-state index contributed by atoms with van der Waals surface area (Å²) in [5, 5.41) is 2.49. The third-order valence-electron chi connectivity index (χ3n) is 3.03. The highest BCUT2D eigenvalue weighted by Gasteiger charge is 2.11. The third-order valence-corrected chi connectivity index (χ3v) is 3.03. The first kappa shape index (κ1) is 14.8. The molecule has 2 aromatic rings. The van der Waals surface area contributed by atoms with Crippen molar-refractivity contribution < 1.29 is 9.18 Å². The van der Waals surface area contributed by atoms with E-state index in [1.54, 1.807) is 6.20 Å². The van der Waals surface area contributed by atoms with E-state index in [0.29, 0.717) is 0 Å². The summed E-state index contributed by atoms with van der Waals surface area (Å²) < 4.78 is 15.9. The van der Waals surface area contributed by atoms with E-state index < -0.39 is 11.7 Å². The quantitative estimate of drug-likeness (QED) is 0.840. The van der Waals surface area contributed by atoms with Crippen molar-refractivity contribution in [2.75, 3.05) is 11.1 Å². The number of halogens is 1. The smallest absolute Gasteiger partial charge is 0.328 e. The number of rotatable bonds is 4. The molecule has 0 unspecified atom stereocenters. The van der Waals surface area contributed by atoms with E-state index in [0.717, 1.165) is 6.07 Å². The van der Waals surface area contributed by atoms with Crippen LogP contribution in [0.1, 0.15) is 19.9 Å². The van der Waals surface area contributed by atoms with Gasteiger partial charge in [-0.05, 0) is 32.0 Å². The Bertz CT molecular complexity index is 718. The number of benzene rings is 1. The van der Waals surface area contributed by atoms with Crippen molar-refractivity contribution in [2.45, 2.75) is 26.4 Å². The van der Waals surface area contributed by atoms with Crippen molar-refractivity contribution in [3.8, 4) is 0 Å². The molecule has 0 fully saturated rings. The first-order valence-electron chi connectivity index (χ1n) is 6.50. The lowest BCUT2D eigenvalue weighted by Crippen LogP contribution is -2.29. The Hall–Kier alpha value is -2.57. The van der Waals surface area contributed by atoms with E-state index in [9.17, 15) is 14.0 Å². The number of hydrogen-bond acceptors (Lipinski definition) is 3. The van der Waals surface area contributed by atoms with Gasteiger partial charge in [-0.1, -0.05) is 0 Å². The molecule has 0 saturated heterocycles. The Morgan fingerprint density at radius 2 is 2.10 bits per heavy atom. The van der Waals surface area contributed by atoms with Crippen LogP contribution in [-0.4, -0.2) is 15.0 Å². The fourth-order valence-corrected chi connectivity index (χ4v) is 1.92. The van der Waals surface area contributed by atoms with Gasteiger partial charge in [-0.2, -0.15) is 0 Å².